The molecule has 2 heterocycles. The molecule has 1 fully saturated rings. The van der Waals surface area contributed by atoms with Crippen molar-refractivity contribution in [2.24, 2.45) is 5.73 Å². The third-order valence-electron chi connectivity index (χ3n) is 3.02. The van der Waals surface area contributed by atoms with Gasteiger partial charge in [0.25, 0.3) is 0 Å². The van der Waals surface area contributed by atoms with Crippen LogP contribution in [0.4, 0.5) is 0 Å². The lowest BCUT2D eigenvalue weighted by molar-refractivity contribution is 0.204. The summed E-state index contributed by atoms with van der Waals surface area (Å²) in [7, 11) is 0. The molecule has 1 aromatic heterocycles. The summed E-state index contributed by atoms with van der Waals surface area (Å²) in [5.41, 5.74) is 5.54. The molecule has 1 saturated heterocycles. The van der Waals surface area contributed by atoms with Crippen LogP contribution in [0.5, 0.6) is 0 Å². The van der Waals surface area contributed by atoms with Crippen LogP contribution in [0, 0.1) is 6.92 Å². The van der Waals surface area contributed by atoms with Gasteiger partial charge in [-0.05, 0) is 32.9 Å². The maximum absolute atomic E-state index is 5.56. The van der Waals surface area contributed by atoms with Gasteiger partial charge in [0.15, 0.2) is 5.89 Å². The van der Waals surface area contributed by atoms with Crippen LogP contribution < -0.4 is 5.73 Å². The number of oxazole rings is 1. The molecule has 1 aromatic rings. The van der Waals surface area contributed by atoms with Gasteiger partial charge in [-0.25, -0.2) is 4.98 Å². The van der Waals surface area contributed by atoms with Gasteiger partial charge in [0.2, 0.25) is 0 Å². The molecule has 0 atom stereocenters. The van der Waals surface area contributed by atoms with E-state index < -0.39 is 0 Å². The van der Waals surface area contributed by atoms with E-state index in [1.165, 1.54) is 0 Å². The van der Waals surface area contributed by atoms with E-state index in [1.54, 1.807) is 0 Å². The van der Waals surface area contributed by atoms with Gasteiger partial charge in [-0.2, -0.15) is 0 Å². The maximum atomic E-state index is 5.56. The lowest BCUT2D eigenvalue weighted by atomic mass is 9.97. The summed E-state index contributed by atoms with van der Waals surface area (Å²) in [6.45, 7) is 5.94. The second-order valence-electron chi connectivity index (χ2n) is 4.21. The predicted octanol–water partition coefficient (Wildman–Crippen LogP) is 1.12. The van der Waals surface area contributed by atoms with Crippen molar-refractivity contribution in [3.63, 3.8) is 0 Å². The number of rotatable bonds is 3. The molecule has 0 unspecified atom stereocenters. The molecule has 15 heavy (non-hydrogen) atoms. The lowest BCUT2D eigenvalue weighted by Gasteiger charge is -2.29. The monoisotopic (exact) mass is 209 g/mol. The fourth-order valence-corrected chi connectivity index (χ4v) is 2.15. The highest BCUT2D eigenvalue weighted by Crippen LogP contribution is 2.27. The Balaban J connectivity index is 1.88. The van der Waals surface area contributed by atoms with Crippen LogP contribution >= 0.6 is 0 Å². The number of piperidine rings is 1. The van der Waals surface area contributed by atoms with Crippen LogP contribution in [-0.2, 0) is 0 Å². The Hall–Kier alpha value is -0.870. The summed E-state index contributed by atoms with van der Waals surface area (Å²) in [6.07, 6.45) is 4.08. The Morgan fingerprint density at radius 1 is 1.53 bits per heavy atom. The molecule has 2 N–H and O–H groups in total. The third kappa shape index (κ3) is 2.58. The predicted molar refractivity (Wildman–Crippen MR) is 58.7 cm³/mol. The summed E-state index contributed by atoms with van der Waals surface area (Å²) < 4.78 is 5.56. The first-order valence-corrected chi connectivity index (χ1v) is 5.64. The number of aromatic nitrogens is 1. The van der Waals surface area contributed by atoms with Gasteiger partial charge >= 0.3 is 0 Å². The lowest BCUT2D eigenvalue weighted by Crippen LogP contribution is -2.36. The summed E-state index contributed by atoms with van der Waals surface area (Å²) in [4.78, 5) is 6.71. The van der Waals surface area contributed by atoms with E-state index in [1.807, 2.05) is 13.1 Å². The highest BCUT2D eigenvalue weighted by atomic mass is 16.4. The molecular weight excluding hydrogens is 190 g/mol. The van der Waals surface area contributed by atoms with E-state index in [9.17, 15) is 0 Å². The Labute approximate surface area is 90.5 Å². The second-order valence-corrected chi connectivity index (χ2v) is 4.21. The summed E-state index contributed by atoms with van der Waals surface area (Å²) >= 11 is 0. The second kappa shape index (κ2) is 4.77. The molecule has 0 aliphatic carbocycles. The summed E-state index contributed by atoms with van der Waals surface area (Å²) in [5, 5.41) is 0. The van der Waals surface area contributed by atoms with Crippen molar-refractivity contribution in [1.29, 1.82) is 0 Å². The molecule has 0 amide bonds. The Kier molecular flexibility index (Phi) is 3.38. The van der Waals surface area contributed by atoms with Gasteiger partial charge in [0.05, 0.1) is 6.20 Å². The van der Waals surface area contributed by atoms with Gasteiger partial charge in [0.1, 0.15) is 5.76 Å². The standard InChI is InChI=1S/C11H19N3O/c1-9-8-13-11(15-9)10-2-5-14(6-3-10)7-4-12/h8,10H,2-7,12H2,1H3. The third-order valence-corrected chi connectivity index (χ3v) is 3.02. The molecule has 1 aliphatic heterocycles. The molecule has 84 valence electrons. The number of hydrogen-bond acceptors (Lipinski definition) is 4. The first-order chi connectivity index (χ1) is 7.29. The molecular formula is C11H19N3O. The molecule has 0 spiro atoms. The molecule has 0 bridgehead atoms. The average Bonchev–Trinajstić information content (AvgIpc) is 2.67. The molecule has 0 aromatic carbocycles. The Bertz CT molecular complexity index is 303. The highest BCUT2D eigenvalue weighted by Gasteiger charge is 2.23. The van der Waals surface area contributed by atoms with Crippen LogP contribution in [0.1, 0.15) is 30.4 Å². The van der Waals surface area contributed by atoms with Gasteiger partial charge in [-0.15, -0.1) is 0 Å². The van der Waals surface area contributed by atoms with E-state index in [0.29, 0.717) is 5.92 Å². The van der Waals surface area contributed by atoms with Gasteiger partial charge in [-0.3, -0.25) is 0 Å². The fraction of sp³-hybridized carbons (Fsp3) is 0.727. The number of nitrogens with two attached hydrogens (primary N) is 1. The topological polar surface area (TPSA) is 55.3 Å². The van der Waals surface area contributed by atoms with Crippen LogP contribution in [-0.4, -0.2) is 36.1 Å². The minimum absolute atomic E-state index is 0.507. The van der Waals surface area contributed by atoms with Crippen LogP contribution in [0.25, 0.3) is 0 Å². The van der Waals surface area contributed by atoms with Crippen molar-refractivity contribution in [1.82, 2.24) is 9.88 Å². The first-order valence-electron chi connectivity index (χ1n) is 5.64. The smallest absolute Gasteiger partial charge is 0.197 e. The van der Waals surface area contributed by atoms with Gasteiger partial charge < -0.3 is 15.1 Å². The maximum Gasteiger partial charge on any atom is 0.197 e. The van der Waals surface area contributed by atoms with E-state index >= 15 is 0 Å². The SMILES string of the molecule is Cc1cnc(C2CCN(CCN)CC2)o1. The summed E-state index contributed by atoms with van der Waals surface area (Å²) in [5.74, 6) is 2.34. The van der Waals surface area contributed by atoms with E-state index in [4.69, 9.17) is 10.2 Å². The number of aryl methyl sites for hydroxylation is 1. The van der Waals surface area contributed by atoms with Crippen LogP contribution in [0.2, 0.25) is 0 Å². The van der Waals surface area contributed by atoms with Gasteiger partial charge in [0, 0.05) is 19.0 Å². The van der Waals surface area contributed by atoms with Crippen molar-refractivity contribution in [2.45, 2.75) is 25.7 Å². The zero-order valence-electron chi connectivity index (χ0n) is 9.28. The molecule has 0 saturated carbocycles. The minimum Gasteiger partial charge on any atom is -0.446 e. The number of hydrogen-bond donors (Lipinski definition) is 1. The average molecular weight is 209 g/mol. The number of nitrogens with zero attached hydrogens (tertiary/aromatic N) is 2. The van der Waals surface area contributed by atoms with E-state index in [-0.39, 0.29) is 0 Å². The largest absolute Gasteiger partial charge is 0.446 e. The Morgan fingerprint density at radius 3 is 2.80 bits per heavy atom. The molecule has 2 rings (SSSR count). The summed E-state index contributed by atoms with van der Waals surface area (Å²) in [6, 6.07) is 0. The van der Waals surface area contributed by atoms with Crippen molar-refractivity contribution in [3.8, 4) is 0 Å². The van der Waals surface area contributed by atoms with Crippen molar-refractivity contribution < 1.29 is 4.42 Å². The van der Waals surface area contributed by atoms with Crippen molar-refractivity contribution in [3.05, 3.63) is 17.8 Å². The quantitative estimate of drug-likeness (QED) is 0.810. The molecule has 1 aliphatic rings. The van der Waals surface area contributed by atoms with Crippen LogP contribution in [0.15, 0.2) is 10.6 Å². The van der Waals surface area contributed by atoms with Crippen molar-refractivity contribution >= 4 is 0 Å². The highest BCUT2D eigenvalue weighted by molar-refractivity contribution is 4.99. The van der Waals surface area contributed by atoms with Crippen molar-refractivity contribution in [2.75, 3.05) is 26.2 Å². The first kappa shape index (κ1) is 10.6. The Morgan fingerprint density at radius 2 is 2.27 bits per heavy atom. The molecule has 4 nitrogen and oxygen atoms in total. The zero-order chi connectivity index (χ0) is 10.7. The van der Waals surface area contributed by atoms with Crippen LogP contribution in [0.3, 0.4) is 0 Å². The molecule has 4 heteroatoms. The normalized spacial score (nSPS) is 19.6. The van der Waals surface area contributed by atoms with Gasteiger partial charge in [-0.1, -0.05) is 0 Å². The minimum atomic E-state index is 0.507. The number of likely N-dealkylation sites (tertiary alicyclic amines) is 1. The van der Waals surface area contributed by atoms with E-state index in [2.05, 4.69) is 9.88 Å². The zero-order valence-corrected chi connectivity index (χ0v) is 9.28. The fourth-order valence-electron chi connectivity index (χ4n) is 2.15. The molecule has 0 radical (unpaired) electrons. The van der Waals surface area contributed by atoms with E-state index in [0.717, 1.165) is 50.7 Å².